The molecule has 2 atom stereocenters. The van der Waals surface area contributed by atoms with Crippen LogP contribution in [0.15, 0.2) is 0 Å². The van der Waals surface area contributed by atoms with Gasteiger partial charge in [-0.15, -0.1) is 0 Å². The third-order valence-electron chi connectivity index (χ3n) is 2.27. The smallest absolute Gasteiger partial charge is 0.323 e. The topological polar surface area (TPSA) is 70.0 Å². The number of aliphatic hydroxyl groups is 1. The third kappa shape index (κ3) is 2.94. The molecular weight excluding hydrogens is 186 g/mol. The highest BCUT2D eigenvalue weighted by atomic mass is 16.7. The van der Waals surface area contributed by atoms with E-state index in [9.17, 15) is 9.90 Å². The molecule has 0 saturated carbocycles. The number of aliphatic carboxylic acids is 1. The number of unbranched alkanes of at least 4 members (excludes halogenated alkanes) is 1. The summed E-state index contributed by atoms with van der Waals surface area (Å²) in [5.41, 5.74) is 0. The summed E-state index contributed by atoms with van der Waals surface area (Å²) in [6.07, 6.45) is 1.58. The Morgan fingerprint density at radius 1 is 1.64 bits per heavy atom. The molecule has 82 valence electrons. The average Bonchev–Trinajstić information content (AvgIpc) is 2.47. The van der Waals surface area contributed by atoms with E-state index in [1.54, 1.807) is 0 Å². The maximum absolute atomic E-state index is 10.8. The van der Waals surface area contributed by atoms with Gasteiger partial charge in [0, 0.05) is 6.42 Å². The zero-order valence-corrected chi connectivity index (χ0v) is 8.35. The fourth-order valence-corrected chi connectivity index (χ4v) is 1.48. The molecule has 2 N–H and O–H groups in total. The van der Waals surface area contributed by atoms with Gasteiger partial charge in [0.2, 0.25) is 0 Å². The number of aliphatic hydroxyl groups excluding tert-OH is 1. The van der Waals surface area contributed by atoms with Gasteiger partial charge >= 0.3 is 5.97 Å². The van der Waals surface area contributed by atoms with E-state index < -0.39 is 18.1 Å². The van der Waals surface area contributed by atoms with Crippen molar-refractivity contribution < 1.29 is 19.8 Å². The Bertz CT molecular complexity index is 197. The van der Waals surface area contributed by atoms with Gasteiger partial charge in [-0.25, -0.2) is 0 Å². The monoisotopic (exact) mass is 203 g/mol. The van der Waals surface area contributed by atoms with Crippen molar-refractivity contribution >= 4 is 5.97 Å². The van der Waals surface area contributed by atoms with Crippen LogP contribution in [0.2, 0.25) is 0 Å². The van der Waals surface area contributed by atoms with Crippen molar-refractivity contribution in [3.05, 3.63) is 0 Å². The van der Waals surface area contributed by atoms with E-state index in [1.165, 1.54) is 5.06 Å². The molecule has 0 radical (unpaired) electrons. The van der Waals surface area contributed by atoms with Crippen LogP contribution in [0.3, 0.4) is 0 Å². The predicted molar refractivity (Wildman–Crippen MR) is 49.6 cm³/mol. The molecule has 14 heavy (non-hydrogen) atoms. The molecule has 1 rings (SSSR count). The molecule has 5 heteroatoms. The Morgan fingerprint density at radius 3 is 2.93 bits per heavy atom. The van der Waals surface area contributed by atoms with Gasteiger partial charge in [0.15, 0.2) is 0 Å². The maximum Gasteiger partial charge on any atom is 0.323 e. The summed E-state index contributed by atoms with van der Waals surface area (Å²) in [5, 5.41) is 19.5. The fraction of sp³-hybridized carbons (Fsp3) is 0.889. The first kappa shape index (κ1) is 11.4. The molecule has 0 aliphatic carbocycles. The Hall–Kier alpha value is -0.650. The van der Waals surface area contributed by atoms with Crippen LogP contribution < -0.4 is 0 Å². The van der Waals surface area contributed by atoms with Crippen molar-refractivity contribution in [1.82, 2.24) is 5.06 Å². The molecular formula is C9H17NO4. The number of carboxylic acid groups (broad SMARTS) is 1. The molecule has 0 aromatic heterocycles. The highest BCUT2D eigenvalue weighted by Gasteiger charge is 2.36. The molecule has 1 aliphatic rings. The van der Waals surface area contributed by atoms with Gasteiger partial charge in [-0.3, -0.25) is 9.63 Å². The van der Waals surface area contributed by atoms with Crippen molar-refractivity contribution in [1.29, 1.82) is 0 Å². The van der Waals surface area contributed by atoms with E-state index in [0.29, 0.717) is 13.2 Å². The van der Waals surface area contributed by atoms with Gasteiger partial charge in [-0.05, 0) is 6.42 Å². The first-order valence-corrected chi connectivity index (χ1v) is 4.95. The van der Waals surface area contributed by atoms with Gasteiger partial charge in [-0.2, -0.15) is 5.06 Å². The van der Waals surface area contributed by atoms with Crippen LogP contribution in [-0.4, -0.2) is 46.5 Å². The SMILES string of the molecule is CCCCON1C[C@@H](O)CC1C(=O)O. The van der Waals surface area contributed by atoms with Crippen molar-refractivity contribution in [2.75, 3.05) is 13.2 Å². The van der Waals surface area contributed by atoms with Crippen molar-refractivity contribution in [3.63, 3.8) is 0 Å². The van der Waals surface area contributed by atoms with Gasteiger partial charge < -0.3 is 10.2 Å². The quantitative estimate of drug-likeness (QED) is 0.626. The Morgan fingerprint density at radius 2 is 2.36 bits per heavy atom. The zero-order chi connectivity index (χ0) is 10.6. The predicted octanol–water partition coefficient (Wildman–Crippen LogP) is 0.238. The van der Waals surface area contributed by atoms with E-state index in [-0.39, 0.29) is 6.42 Å². The van der Waals surface area contributed by atoms with Crippen LogP contribution in [0.4, 0.5) is 0 Å². The Kier molecular flexibility index (Phi) is 4.31. The van der Waals surface area contributed by atoms with E-state index >= 15 is 0 Å². The summed E-state index contributed by atoms with van der Waals surface area (Å²) in [7, 11) is 0. The molecule has 1 unspecified atom stereocenters. The van der Waals surface area contributed by atoms with Crippen LogP contribution in [-0.2, 0) is 9.63 Å². The van der Waals surface area contributed by atoms with E-state index in [1.807, 2.05) is 6.92 Å². The molecule has 1 fully saturated rings. The lowest BCUT2D eigenvalue weighted by molar-refractivity contribution is -0.188. The number of hydroxylamine groups is 2. The minimum Gasteiger partial charge on any atom is -0.480 e. The minimum absolute atomic E-state index is 0.251. The summed E-state index contributed by atoms with van der Waals surface area (Å²) in [6.45, 7) is 2.85. The van der Waals surface area contributed by atoms with Crippen LogP contribution >= 0.6 is 0 Å². The summed E-state index contributed by atoms with van der Waals surface area (Å²) in [6, 6.07) is -0.693. The van der Waals surface area contributed by atoms with Gasteiger partial charge in [0.05, 0.1) is 19.3 Å². The normalized spacial score (nSPS) is 28.1. The number of rotatable bonds is 5. The standard InChI is InChI=1S/C9H17NO4/c1-2-3-4-14-10-6-7(11)5-8(10)9(12)13/h7-8,11H,2-6H2,1H3,(H,12,13)/t7-,8?/m0/s1. The number of nitrogens with zero attached hydrogens (tertiary/aromatic N) is 1. The van der Waals surface area contributed by atoms with E-state index in [0.717, 1.165) is 12.8 Å². The highest BCUT2D eigenvalue weighted by molar-refractivity contribution is 5.73. The summed E-state index contributed by atoms with van der Waals surface area (Å²) in [5.74, 6) is -0.932. The van der Waals surface area contributed by atoms with Gasteiger partial charge in [0.1, 0.15) is 6.04 Å². The molecule has 5 nitrogen and oxygen atoms in total. The van der Waals surface area contributed by atoms with E-state index in [4.69, 9.17) is 9.94 Å². The second kappa shape index (κ2) is 5.29. The highest BCUT2D eigenvalue weighted by Crippen LogP contribution is 2.18. The van der Waals surface area contributed by atoms with E-state index in [2.05, 4.69) is 0 Å². The van der Waals surface area contributed by atoms with Crippen molar-refractivity contribution in [2.24, 2.45) is 0 Å². The second-order valence-corrected chi connectivity index (χ2v) is 3.53. The van der Waals surface area contributed by atoms with Gasteiger partial charge in [0.25, 0.3) is 0 Å². The molecule has 0 bridgehead atoms. The molecule has 1 heterocycles. The van der Waals surface area contributed by atoms with Crippen LogP contribution in [0.1, 0.15) is 26.2 Å². The van der Waals surface area contributed by atoms with Gasteiger partial charge in [-0.1, -0.05) is 13.3 Å². The number of carboxylic acids is 1. The maximum atomic E-state index is 10.8. The van der Waals surface area contributed by atoms with Crippen LogP contribution in [0.25, 0.3) is 0 Å². The van der Waals surface area contributed by atoms with Crippen molar-refractivity contribution in [2.45, 2.75) is 38.3 Å². The molecule has 1 aliphatic heterocycles. The molecule has 0 aromatic rings. The number of β-amino-alcohol motifs (C(OH)–C–C–N with tert-alkyl or cyclic N) is 1. The number of hydrogen-bond acceptors (Lipinski definition) is 4. The fourth-order valence-electron chi connectivity index (χ4n) is 1.48. The third-order valence-corrected chi connectivity index (χ3v) is 2.27. The number of carbonyl (C=O) groups is 1. The molecule has 0 spiro atoms. The first-order valence-electron chi connectivity index (χ1n) is 4.95. The van der Waals surface area contributed by atoms with Crippen LogP contribution in [0.5, 0.6) is 0 Å². The summed E-state index contributed by atoms with van der Waals surface area (Å²) >= 11 is 0. The lowest BCUT2D eigenvalue weighted by Gasteiger charge is -2.19. The molecule has 0 aromatic carbocycles. The lowest BCUT2D eigenvalue weighted by atomic mass is 10.2. The van der Waals surface area contributed by atoms with Crippen LogP contribution in [0, 0.1) is 0 Å². The van der Waals surface area contributed by atoms with Crippen molar-refractivity contribution in [3.8, 4) is 0 Å². The average molecular weight is 203 g/mol. The Labute approximate surface area is 83.2 Å². The summed E-state index contributed by atoms with van der Waals surface area (Å²) in [4.78, 5) is 16.0. The number of hydrogen-bond donors (Lipinski definition) is 2. The lowest BCUT2D eigenvalue weighted by Crippen LogP contribution is -2.36. The molecule has 1 saturated heterocycles. The molecule has 0 amide bonds. The first-order chi connectivity index (χ1) is 6.65. The summed E-state index contributed by atoms with van der Waals surface area (Å²) < 4.78 is 0. The minimum atomic E-state index is -0.932. The largest absolute Gasteiger partial charge is 0.480 e. The second-order valence-electron chi connectivity index (χ2n) is 3.53. The Balaban J connectivity index is 2.37. The zero-order valence-electron chi connectivity index (χ0n) is 8.35.